The van der Waals surface area contributed by atoms with Crippen LogP contribution in [0.25, 0.3) is 0 Å². The average Bonchev–Trinajstić information content (AvgIpc) is 2.40. The molecule has 1 atom stereocenters. The average molecular weight is 355 g/mol. The van der Waals surface area contributed by atoms with Gasteiger partial charge in [-0.15, -0.1) is 0 Å². The van der Waals surface area contributed by atoms with Gasteiger partial charge in [0.1, 0.15) is 11.6 Å². The Balaban J connectivity index is 2.39. The number of hydrazine groups is 1. The Labute approximate surface area is 131 Å². The molecule has 0 saturated heterocycles. The Hall–Kier alpha value is -1.30. The molecule has 1 unspecified atom stereocenters. The number of hydrogen-bond acceptors (Lipinski definition) is 2. The monoisotopic (exact) mass is 354 g/mol. The maximum atomic E-state index is 14.1. The molecule has 2 nitrogen and oxygen atoms in total. The third-order valence-electron chi connectivity index (χ3n) is 3.52. The van der Waals surface area contributed by atoms with Crippen LogP contribution in [0.3, 0.4) is 0 Å². The summed E-state index contributed by atoms with van der Waals surface area (Å²) in [4.78, 5) is 0. The Morgan fingerprint density at radius 3 is 2.33 bits per heavy atom. The minimum Gasteiger partial charge on any atom is -0.271 e. The molecule has 2 aromatic carbocycles. The largest absolute Gasteiger partial charge is 0.271 e. The number of aryl methyl sites for hydroxylation is 2. The smallest absolute Gasteiger partial charge is 0.132 e. The van der Waals surface area contributed by atoms with Gasteiger partial charge in [0.2, 0.25) is 0 Å². The summed E-state index contributed by atoms with van der Waals surface area (Å²) in [6.07, 6.45) is 0.416. The van der Waals surface area contributed by atoms with Crippen molar-refractivity contribution >= 4 is 15.9 Å². The number of hydrogen-bond donors (Lipinski definition) is 2. The first kappa shape index (κ1) is 16.1. The van der Waals surface area contributed by atoms with Gasteiger partial charge in [0.25, 0.3) is 0 Å². The van der Waals surface area contributed by atoms with Gasteiger partial charge in [-0.3, -0.25) is 11.3 Å². The summed E-state index contributed by atoms with van der Waals surface area (Å²) >= 11 is 3.07. The van der Waals surface area contributed by atoms with Crippen LogP contribution in [0.4, 0.5) is 8.78 Å². The van der Waals surface area contributed by atoms with E-state index in [4.69, 9.17) is 5.84 Å². The van der Waals surface area contributed by atoms with E-state index in [2.05, 4.69) is 21.4 Å². The molecule has 0 spiro atoms. The van der Waals surface area contributed by atoms with Crippen LogP contribution in [-0.2, 0) is 6.42 Å². The highest BCUT2D eigenvalue weighted by molar-refractivity contribution is 9.10. The van der Waals surface area contributed by atoms with Crippen molar-refractivity contribution in [3.05, 3.63) is 68.7 Å². The van der Waals surface area contributed by atoms with Crippen molar-refractivity contribution < 1.29 is 8.78 Å². The van der Waals surface area contributed by atoms with Crippen LogP contribution in [0.2, 0.25) is 0 Å². The number of halogens is 3. The van der Waals surface area contributed by atoms with Crippen LogP contribution in [-0.4, -0.2) is 0 Å². The lowest BCUT2D eigenvalue weighted by molar-refractivity contribution is 0.471. The highest BCUT2D eigenvalue weighted by atomic mass is 79.9. The van der Waals surface area contributed by atoms with Crippen LogP contribution in [0.15, 0.2) is 34.8 Å². The van der Waals surface area contributed by atoms with Gasteiger partial charge in [0.05, 0.1) is 6.04 Å². The number of nitrogens with two attached hydrogens (primary N) is 1. The predicted molar refractivity (Wildman–Crippen MR) is 83.7 cm³/mol. The zero-order valence-electron chi connectivity index (χ0n) is 11.9. The Morgan fingerprint density at radius 2 is 1.76 bits per heavy atom. The molecule has 0 saturated carbocycles. The molecule has 21 heavy (non-hydrogen) atoms. The molecule has 5 heteroatoms. The molecule has 0 bridgehead atoms. The second-order valence-corrected chi connectivity index (χ2v) is 6.05. The van der Waals surface area contributed by atoms with Crippen molar-refractivity contribution in [2.24, 2.45) is 5.84 Å². The summed E-state index contributed by atoms with van der Waals surface area (Å²) in [7, 11) is 0. The molecule has 112 valence electrons. The zero-order valence-corrected chi connectivity index (χ0v) is 13.5. The molecule has 0 aliphatic rings. The Kier molecular flexibility index (Phi) is 5.08. The molecule has 2 rings (SSSR count). The predicted octanol–water partition coefficient (Wildman–Crippen LogP) is 4.09. The fourth-order valence-corrected chi connectivity index (χ4v) is 2.77. The molecule has 0 aliphatic carbocycles. The standard InChI is InChI=1S/C16H17BrF2N2/c1-9-3-4-10(2)11(5-9)6-15(21-20)16-13(18)7-12(17)8-14(16)19/h3-5,7-8,15,21H,6,20H2,1-2H3. The van der Waals surface area contributed by atoms with Crippen LogP contribution in [0.1, 0.15) is 28.3 Å². The van der Waals surface area contributed by atoms with E-state index < -0.39 is 17.7 Å². The van der Waals surface area contributed by atoms with Gasteiger partial charge >= 0.3 is 0 Å². The van der Waals surface area contributed by atoms with E-state index in [0.717, 1.165) is 16.7 Å². The van der Waals surface area contributed by atoms with Gasteiger partial charge in [0.15, 0.2) is 0 Å². The van der Waals surface area contributed by atoms with Crippen molar-refractivity contribution in [3.63, 3.8) is 0 Å². The first-order chi connectivity index (χ1) is 9.92. The van der Waals surface area contributed by atoms with Crippen molar-refractivity contribution in [2.45, 2.75) is 26.3 Å². The number of rotatable bonds is 4. The fourth-order valence-electron chi connectivity index (χ4n) is 2.37. The SMILES string of the molecule is Cc1ccc(C)c(CC(NN)c2c(F)cc(Br)cc2F)c1. The van der Waals surface area contributed by atoms with Crippen LogP contribution < -0.4 is 11.3 Å². The normalized spacial score (nSPS) is 12.5. The lowest BCUT2D eigenvalue weighted by Gasteiger charge is -2.19. The van der Waals surface area contributed by atoms with E-state index in [1.165, 1.54) is 12.1 Å². The second-order valence-electron chi connectivity index (χ2n) is 5.14. The lowest BCUT2D eigenvalue weighted by Crippen LogP contribution is -2.31. The maximum absolute atomic E-state index is 14.1. The van der Waals surface area contributed by atoms with E-state index in [9.17, 15) is 8.78 Å². The zero-order chi connectivity index (χ0) is 15.6. The number of benzene rings is 2. The highest BCUT2D eigenvalue weighted by Gasteiger charge is 2.21. The lowest BCUT2D eigenvalue weighted by atomic mass is 9.94. The molecule has 0 aliphatic heterocycles. The quantitative estimate of drug-likeness (QED) is 0.640. The fraction of sp³-hybridized carbons (Fsp3) is 0.250. The molecule has 0 fully saturated rings. The minimum absolute atomic E-state index is 0.0402. The summed E-state index contributed by atoms with van der Waals surface area (Å²) in [5.41, 5.74) is 5.66. The summed E-state index contributed by atoms with van der Waals surface area (Å²) in [6, 6.07) is 7.86. The van der Waals surface area contributed by atoms with Gasteiger partial charge in [-0.2, -0.15) is 0 Å². The van der Waals surface area contributed by atoms with Crippen LogP contribution in [0.5, 0.6) is 0 Å². The molecule has 0 amide bonds. The third kappa shape index (κ3) is 3.67. The molecular formula is C16H17BrF2N2. The highest BCUT2D eigenvalue weighted by Crippen LogP contribution is 2.27. The molecule has 3 N–H and O–H groups in total. The van der Waals surface area contributed by atoms with E-state index in [-0.39, 0.29) is 5.56 Å². The minimum atomic E-state index is -0.626. The molecule has 2 aromatic rings. The van der Waals surface area contributed by atoms with E-state index in [1.807, 2.05) is 32.0 Å². The first-order valence-corrected chi connectivity index (χ1v) is 7.38. The third-order valence-corrected chi connectivity index (χ3v) is 3.98. The van der Waals surface area contributed by atoms with Gasteiger partial charge in [0, 0.05) is 10.0 Å². The number of nitrogens with one attached hydrogen (secondary N) is 1. The van der Waals surface area contributed by atoms with E-state index in [0.29, 0.717) is 10.9 Å². The summed E-state index contributed by atoms with van der Waals surface area (Å²) in [5, 5.41) is 0. The first-order valence-electron chi connectivity index (χ1n) is 6.59. The molecular weight excluding hydrogens is 338 g/mol. The Morgan fingerprint density at radius 1 is 1.14 bits per heavy atom. The van der Waals surface area contributed by atoms with E-state index >= 15 is 0 Å². The Bertz CT molecular complexity index is 636. The maximum Gasteiger partial charge on any atom is 0.132 e. The van der Waals surface area contributed by atoms with Gasteiger partial charge in [-0.25, -0.2) is 8.78 Å². The van der Waals surface area contributed by atoms with Gasteiger partial charge < -0.3 is 0 Å². The van der Waals surface area contributed by atoms with Crippen molar-refractivity contribution in [2.75, 3.05) is 0 Å². The molecule has 0 heterocycles. The molecule has 0 radical (unpaired) electrons. The molecule has 0 aromatic heterocycles. The van der Waals surface area contributed by atoms with E-state index in [1.54, 1.807) is 0 Å². The van der Waals surface area contributed by atoms with Crippen molar-refractivity contribution in [3.8, 4) is 0 Å². The van der Waals surface area contributed by atoms with Crippen molar-refractivity contribution in [1.29, 1.82) is 0 Å². The van der Waals surface area contributed by atoms with Crippen LogP contribution >= 0.6 is 15.9 Å². The van der Waals surface area contributed by atoms with Gasteiger partial charge in [-0.05, 0) is 43.5 Å². The van der Waals surface area contributed by atoms with Crippen LogP contribution in [0, 0.1) is 25.5 Å². The summed E-state index contributed by atoms with van der Waals surface area (Å²) in [5.74, 6) is 4.29. The van der Waals surface area contributed by atoms with Gasteiger partial charge in [-0.1, -0.05) is 39.7 Å². The summed E-state index contributed by atoms with van der Waals surface area (Å²) in [6.45, 7) is 3.95. The second kappa shape index (κ2) is 6.64. The topological polar surface area (TPSA) is 38.0 Å². The van der Waals surface area contributed by atoms with Crippen molar-refractivity contribution in [1.82, 2.24) is 5.43 Å². The summed E-state index contributed by atoms with van der Waals surface area (Å²) < 4.78 is 28.5.